The zero-order valence-corrected chi connectivity index (χ0v) is 80.6. The van der Waals surface area contributed by atoms with Crippen molar-refractivity contribution >= 4 is 67.4 Å². The number of nitrogens with one attached hydrogen (secondary N) is 3. The van der Waals surface area contributed by atoms with Crippen LogP contribution >= 0.6 is 7.82 Å². The fourth-order valence-corrected chi connectivity index (χ4v) is 17.3. The Labute approximate surface area is 818 Å². The van der Waals surface area contributed by atoms with Crippen LogP contribution in [0.4, 0.5) is 5.69 Å². The van der Waals surface area contributed by atoms with E-state index in [4.69, 9.17) is 90.5 Å². The van der Waals surface area contributed by atoms with Crippen LogP contribution in [0.2, 0.25) is 0 Å². The van der Waals surface area contributed by atoms with Crippen molar-refractivity contribution in [3.63, 3.8) is 0 Å². The van der Waals surface area contributed by atoms with Gasteiger partial charge >= 0.3 is 24.6 Å². The van der Waals surface area contributed by atoms with Crippen LogP contribution in [0.25, 0.3) is 22.5 Å². The molecule has 13 unspecified atom stereocenters. The largest absolute Gasteiger partial charge is 0.756 e. The molecule has 0 bridgehead atoms. The van der Waals surface area contributed by atoms with Gasteiger partial charge in [0.1, 0.15) is 121 Å². The van der Waals surface area contributed by atoms with E-state index in [-0.39, 0.29) is 168 Å². The number of anilines is 1. The maximum atomic E-state index is 13.9. The van der Waals surface area contributed by atoms with Crippen LogP contribution in [0.3, 0.4) is 0 Å². The summed E-state index contributed by atoms with van der Waals surface area (Å²) < 4.78 is 85.4. The number of aliphatic hydroxyl groups is 14. The van der Waals surface area contributed by atoms with E-state index in [1.54, 1.807) is 4.90 Å². The highest BCUT2D eigenvalue weighted by atomic mass is 31.2. The fraction of sp³-hybridized carbons (Fsp3) is 0.688. The Bertz CT molecular complexity index is 4460. The summed E-state index contributed by atoms with van der Waals surface area (Å²) in [4.78, 5) is 144. The van der Waals surface area contributed by atoms with E-state index in [1.807, 2.05) is 76.2 Å². The lowest BCUT2D eigenvalue weighted by molar-refractivity contribution is -0.327. The first-order valence-corrected chi connectivity index (χ1v) is 48.4. The number of carbonyl (C=O) groups excluding carboxylic acids is 13. The molecule has 794 valence electrons. The molecule has 0 spiro atoms. The predicted octanol–water partition coefficient (Wildman–Crippen LogP) is -0.762. The van der Waals surface area contributed by atoms with Crippen LogP contribution in [0.5, 0.6) is 5.75 Å². The Morgan fingerprint density at radius 1 is 0.458 bits per heavy atom. The van der Waals surface area contributed by atoms with Crippen LogP contribution in [0, 0.1) is 23.7 Å². The summed E-state index contributed by atoms with van der Waals surface area (Å²) in [5.41, 5.74) is 5.02. The first-order chi connectivity index (χ1) is 67.9. The number of hydrogen-bond donors (Lipinski definition) is 17. The van der Waals surface area contributed by atoms with Gasteiger partial charge in [0.2, 0.25) is 17.7 Å². The zero-order valence-electron chi connectivity index (χ0n) is 79.7. The number of aliphatic hydroxyl groups excluding tert-OH is 14. The van der Waals surface area contributed by atoms with Crippen LogP contribution in [-0.2, 0) is 120 Å². The Balaban J connectivity index is 0.000000506. The van der Waals surface area contributed by atoms with E-state index in [0.717, 1.165) is 80.1 Å². The summed E-state index contributed by atoms with van der Waals surface area (Å²) in [6.07, 6.45) is -23.7. The number of ether oxygens (including phenoxy) is 11. The van der Waals surface area contributed by atoms with Gasteiger partial charge in [-0.2, -0.15) is 53.8 Å². The number of ketones is 2. The Hall–Kier alpha value is -8.98. The number of aromatic amines is 1. The summed E-state index contributed by atoms with van der Waals surface area (Å²) in [7, 11) is -3.11. The number of nitrogens with zero attached hydrogens (tertiary/aromatic N) is 3. The smallest absolute Gasteiger partial charge is 0.373 e. The second kappa shape index (κ2) is 63.4. The van der Waals surface area contributed by atoms with Crippen molar-refractivity contribution in [1.29, 1.82) is 0 Å². The molecule has 3 amide bonds. The number of unbranched alkanes of at least 4 members (excludes halogenated alkanes) is 6. The number of para-hydroxylation sites is 1. The number of Topliss-reactive ketones (excluding diaryl/α,β-unsaturated/α-hetero) is 2. The molecule has 49 heteroatoms. The number of fused-ring (bicyclic) bond motifs is 5. The van der Waals surface area contributed by atoms with Crippen molar-refractivity contribution in [3.05, 3.63) is 83.4 Å². The van der Waals surface area contributed by atoms with Gasteiger partial charge < -0.3 is 153 Å². The number of carbonyl (C=O) groups is 5. The number of phosphoric ester groups is 1. The highest BCUT2D eigenvalue weighted by Crippen LogP contribution is 2.43. The van der Waals surface area contributed by atoms with Crippen LogP contribution in [0.15, 0.2) is 66.7 Å². The molecule has 29 atom stereocenters. The minimum absolute atomic E-state index is 0.00519. The SMILES string of the molecule is CCCCCCC(=O)NCCOc1cc(C(=O)CCCO[C@H]2OC(CO[C@H]3CC(C)[C@@H](C)CC3O[C@@H]3OC(CO)[C@@H](O)[C@H](O)C3O)[C@@H](O)[C@H](O)C2O)cc(C(=O)CCCO[C@H]2OC(CO[C@H]3CC(C)[C@@H](C)CC3O[C@@H]3OC(CO)[C@@H](O)[C@H](O)C3O)[C@@H](O)[C@H](O)C2O)c1.COP(=O)([O-])OCCCCCCNC(=O)CCC(=O)N1Cc2ccccc2-c2n[nH]nc2-c2ccccc21.O=C=O.O=C=O.O=C=O.O=C=O. The summed E-state index contributed by atoms with van der Waals surface area (Å²) in [5, 5.41) is 165. The van der Waals surface area contributed by atoms with Gasteiger partial charge in [-0.1, -0.05) is 109 Å². The topological polar surface area (TPSA) is 734 Å². The lowest BCUT2D eigenvalue weighted by Crippen LogP contribution is -2.61. The molecule has 4 saturated heterocycles. The van der Waals surface area contributed by atoms with Gasteiger partial charge in [-0.3, -0.25) is 28.5 Å². The van der Waals surface area contributed by atoms with Gasteiger partial charge in [0.25, 0.3) is 7.82 Å². The van der Waals surface area contributed by atoms with Crippen LogP contribution in [-0.4, -0.2) is 361 Å². The molecule has 5 aliphatic heterocycles. The third-order valence-electron chi connectivity index (χ3n) is 25.3. The molecule has 2 aliphatic carbocycles. The third kappa shape index (κ3) is 37.2. The molecular weight excluding hydrogens is 1900 g/mol. The normalized spacial score (nSPS) is 30.0. The van der Waals surface area contributed by atoms with Crippen LogP contribution in [0.1, 0.15) is 183 Å². The summed E-state index contributed by atoms with van der Waals surface area (Å²) in [6, 6.07) is 19.7. The predicted molar refractivity (Wildman–Crippen MR) is 478 cm³/mol. The molecule has 17 N–H and O–H groups in total. The number of benzene rings is 3. The minimum Gasteiger partial charge on any atom is -0.756 e. The second-order valence-electron chi connectivity index (χ2n) is 35.2. The Morgan fingerprint density at radius 2 is 0.866 bits per heavy atom. The quantitative estimate of drug-likeness (QED) is 0.0147. The number of hydrogen-bond acceptors (Lipinski definition) is 44. The lowest BCUT2D eigenvalue weighted by atomic mass is 9.78. The van der Waals surface area contributed by atoms with Gasteiger partial charge in [0.05, 0.1) is 89.4 Å². The highest BCUT2D eigenvalue weighted by molar-refractivity contribution is 7.45. The van der Waals surface area contributed by atoms with E-state index in [9.17, 15) is 105 Å². The molecule has 0 radical (unpaired) electrons. The van der Waals surface area contributed by atoms with E-state index >= 15 is 0 Å². The number of phosphoric acid groups is 1. The lowest BCUT2D eigenvalue weighted by Gasteiger charge is -2.45. The van der Waals surface area contributed by atoms with Gasteiger partial charge in [0, 0.05) is 68.0 Å². The molecule has 4 aromatic rings. The molecular formula is C93H134N6O42P-. The van der Waals surface area contributed by atoms with Gasteiger partial charge in [-0.05, 0) is 111 Å². The molecule has 6 fully saturated rings. The van der Waals surface area contributed by atoms with E-state index in [2.05, 4.69) is 42.0 Å². The van der Waals surface area contributed by atoms with Gasteiger partial charge in [-0.15, -0.1) is 0 Å². The standard InChI is InChI=1S/C63H103NO28.C26H32N5O6P.4CO2/c1-6-7-8-9-14-47(69)64-15-18-82-36-24-34(37(67)12-10-16-83-60-56(78)54(76)50(72)45(91-60)28-85-39-19-30(2)32(4)21-41(39)87-62-58(80)52(74)48(70)43(26-65)89-62)23-35(25-36)38(68)13-11-17-84-61-57(79)55(77)51(73)46(92-61)29-86-40-20-31(3)33(5)22-42(40)88-63-59(81)53(75)49(71)44(27-66)90-63;1-36-38(34,35)37-17-9-3-2-8-16-27-23(32)14-15-24(33)31-18-19-10-4-5-11-20(19)25-26(29-30-28-25)21-12-6-7-13-22(21)31;4*2-1-3/h23-25,30-33,39-46,48-63,65-66,70-81H,6-22,26-29H2,1-5H3,(H,64,69);4-7,10-13H,2-3,8-9,14-18H2,1H3,(H,27,32)(H,34,35)(H,28,29,30);;;;/p-1/t30?,31?,32-,33-,39-,40-,41?,42?,43?,44?,45?,46?,48+,49+,50+,51+,52-,53-,54-,55-,56?,57?,58?,59?,60-,61-,62+,63+;;;;;/m0...../s1. The average Bonchev–Trinajstić information content (AvgIpc) is 1.51. The number of amides is 3. The van der Waals surface area contributed by atoms with E-state index in [1.165, 1.54) is 18.2 Å². The molecule has 48 nitrogen and oxygen atoms in total. The second-order valence-corrected chi connectivity index (χ2v) is 36.7. The zero-order chi connectivity index (χ0) is 105. The number of rotatable bonds is 45. The molecule has 7 aliphatic rings. The molecule has 6 heterocycles. The van der Waals surface area contributed by atoms with Gasteiger partial charge in [-0.25, -0.2) is 0 Å². The maximum absolute atomic E-state index is 13.9. The number of aromatic nitrogens is 3. The summed E-state index contributed by atoms with van der Waals surface area (Å²) in [5.74, 6) is -0.654. The fourth-order valence-electron chi connectivity index (χ4n) is 16.8. The summed E-state index contributed by atoms with van der Waals surface area (Å²) >= 11 is 0. The monoisotopic (exact) mass is 2040 g/mol. The molecule has 1 aromatic heterocycles. The maximum Gasteiger partial charge on any atom is 0.373 e. The van der Waals surface area contributed by atoms with Crippen molar-refractivity contribution in [1.82, 2.24) is 26.0 Å². The molecule has 2 saturated carbocycles. The van der Waals surface area contributed by atoms with Crippen molar-refractivity contribution in [2.45, 2.75) is 310 Å². The van der Waals surface area contributed by atoms with Crippen molar-refractivity contribution in [3.8, 4) is 28.3 Å². The minimum atomic E-state index is -4.17. The van der Waals surface area contributed by atoms with Crippen molar-refractivity contribution in [2.75, 3.05) is 78.0 Å². The summed E-state index contributed by atoms with van der Waals surface area (Å²) in [6.45, 7) is 8.91. The Kier molecular flexibility index (Phi) is 54.4. The van der Waals surface area contributed by atoms with Crippen molar-refractivity contribution in [2.24, 2.45) is 23.7 Å². The molecule has 11 rings (SSSR count). The highest BCUT2D eigenvalue weighted by Gasteiger charge is 2.52. The van der Waals surface area contributed by atoms with E-state index < -0.39 is 180 Å². The first-order valence-electron chi connectivity index (χ1n) is 46.9. The van der Waals surface area contributed by atoms with E-state index in [0.29, 0.717) is 57.3 Å². The third-order valence-corrected chi connectivity index (χ3v) is 26.2. The van der Waals surface area contributed by atoms with Crippen LogP contribution < -0.4 is 25.2 Å². The molecule has 142 heavy (non-hydrogen) atoms. The number of H-pyrrole nitrogens is 1. The first kappa shape index (κ1) is 122. The van der Waals surface area contributed by atoms with Gasteiger partial charge in [0.15, 0.2) is 36.7 Å². The van der Waals surface area contributed by atoms with Crippen molar-refractivity contribution < 1.29 is 204 Å². The average molecular weight is 2040 g/mol. The Morgan fingerprint density at radius 3 is 1.34 bits per heavy atom. The molecule has 3 aromatic carbocycles.